The van der Waals surface area contributed by atoms with Crippen LogP contribution in [0.1, 0.15) is 31.8 Å². The highest BCUT2D eigenvalue weighted by Crippen LogP contribution is 2.33. The fraction of sp³-hybridized carbons (Fsp3) is 0. The molecule has 5 heteroatoms. The Morgan fingerprint density at radius 1 is 0.850 bits per heavy atom. The van der Waals surface area contributed by atoms with Crippen LogP contribution in [0, 0.1) is 0 Å². The molecule has 0 heterocycles. The van der Waals surface area contributed by atoms with Gasteiger partial charge in [-0.05, 0) is 6.07 Å². The molecule has 0 amide bonds. The molecular weight excluding hydrogens is 260 g/mol. The Morgan fingerprint density at radius 3 is 2.10 bits per heavy atom. The van der Waals surface area contributed by atoms with Crippen molar-refractivity contribution >= 4 is 17.7 Å². The number of benzene rings is 2. The van der Waals surface area contributed by atoms with Crippen molar-refractivity contribution in [2.45, 2.75) is 0 Å². The van der Waals surface area contributed by atoms with Gasteiger partial charge in [-0.15, -0.1) is 0 Å². The van der Waals surface area contributed by atoms with E-state index < -0.39 is 11.9 Å². The summed E-state index contributed by atoms with van der Waals surface area (Å²) in [6, 6.07) is 10.8. The zero-order valence-electron chi connectivity index (χ0n) is 10.1. The van der Waals surface area contributed by atoms with Gasteiger partial charge in [0.25, 0.3) is 0 Å². The van der Waals surface area contributed by atoms with Crippen LogP contribution in [0.3, 0.4) is 0 Å². The number of hydrogen-bond donors (Lipinski definition) is 1. The number of rotatable bonds is 1. The van der Waals surface area contributed by atoms with Crippen LogP contribution < -0.4 is 4.74 Å². The summed E-state index contributed by atoms with van der Waals surface area (Å²) in [6.45, 7) is 0. The lowest BCUT2D eigenvalue weighted by Gasteiger charge is -2.18. The highest BCUT2D eigenvalue weighted by atomic mass is 16.7. The Morgan fingerprint density at radius 2 is 1.45 bits per heavy atom. The minimum atomic E-state index is -1.53. The van der Waals surface area contributed by atoms with E-state index in [-0.39, 0.29) is 28.2 Å². The molecule has 1 aliphatic carbocycles. The molecule has 0 radical (unpaired) electrons. The Balaban J connectivity index is 2.25. The van der Waals surface area contributed by atoms with Gasteiger partial charge < -0.3 is 9.84 Å². The molecule has 2 aromatic rings. The monoisotopic (exact) mass is 268 g/mol. The molecule has 0 atom stereocenters. The molecule has 1 N–H and O–H groups in total. The van der Waals surface area contributed by atoms with E-state index in [1.54, 1.807) is 18.2 Å². The first kappa shape index (κ1) is 12.1. The maximum absolute atomic E-state index is 12.4. The van der Waals surface area contributed by atoms with Crippen molar-refractivity contribution < 1.29 is 24.2 Å². The number of hydrogen-bond acceptors (Lipinski definition) is 4. The number of carbonyl (C=O) groups excluding carboxylic acids is 2. The van der Waals surface area contributed by atoms with Crippen LogP contribution in [-0.2, 0) is 0 Å². The lowest BCUT2D eigenvalue weighted by Crippen LogP contribution is -2.22. The SMILES string of the molecule is O=C(O)Oc1cccc2c1C(=O)c1ccccc1C2=O. The summed E-state index contributed by atoms with van der Waals surface area (Å²) >= 11 is 0. The molecule has 0 aliphatic heterocycles. The third kappa shape index (κ3) is 1.68. The summed E-state index contributed by atoms with van der Waals surface area (Å²) in [7, 11) is 0. The summed E-state index contributed by atoms with van der Waals surface area (Å²) in [5.41, 5.74) is 0.731. The van der Waals surface area contributed by atoms with Crippen molar-refractivity contribution in [1.29, 1.82) is 0 Å². The van der Waals surface area contributed by atoms with Gasteiger partial charge in [0.2, 0.25) is 0 Å². The van der Waals surface area contributed by atoms with E-state index in [2.05, 4.69) is 4.74 Å². The largest absolute Gasteiger partial charge is 0.511 e. The van der Waals surface area contributed by atoms with Crippen LogP contribution in [0.25, 0.3) is 0 Å². The van der Waals surface area contributed by atoms with Crippen LogP contribution in [0.2, 0.25) is 0 Å². The van der Waals surface area contributed by atoms with Gasteiger partial charge in [-0.2, -0.15) is 0 Å². The highest BCUT2D eigenvalue weighted by Gasteiger charge is 2.32. The Kier molecular flexibility index (Phi) is 2.61. The lowest BCUT2D eigenvalue weighted by atomic mass is 9.84. The van der Waals surface area contributed by atoms with E-state index in [1.807, 2.05) is 0 Å². The van der Waals surface area contributed by atoms with E-state index in [9.17, 15) is 14.4 Å². The van der Waals surface area contributed by atoms with E-state index in [1.165, 1.54) is 24.3 Å². The van der Waals surface area contributed by atoms with Crippen LogP contribution in [-0.4, -0.2) is 22.8 Å². The summed E-state index contributed by atoms with van der Waals surface area (Å²) in [5.74, 6) is -0.846. The van der Waals surface area contributed by atoms with Gasteiger partial charge in [-0.25, -0.2) is 4.79 Å². The van der Waals surface area contributed by atoms with Crippen molar-refractivity contribution in [3.63, 3.8) is 0 Å². The topological polar surface area (TPSA) is 80.7 Å². The van der Waals surface area contributed by atoms with Crippen LogP contribution in [0.5, 0.6) is 5.75 Å². The molecule has 5 nitrogen and oxygen atoms in total. The van der Waals surface area contributed by atoms with Gasteiger partial charge in [-0.3, -0.25) is 9.59 Å². The van der Waals surface area contributed by atoms with Gasteiger partial charge >= 0.3 is 6.16 Å². The summed E-state index contributed by atoms with van der Waals surface area (Å²) < 4.78 is 4.59. The van der Waals surface area contributed by atoms with Gasteiger partial charge in [0.1, 0.15) is 5.75 Å². The third-order valence-electron chi connectivity index (χ3n) is 3.11. The maximum atomic E-state index is 12.4. The van der Waals surface area contributed by atoms with Gasteiger partial charge in [0, 0.05) is 16.7 Å². The smallest absolute Gasteiger partial charge is 0.449 e. The molecule has 0 bridgehead atoms. The fourth-order valence-corrected chi connectivity index (χ4v) is 2.29. The van der Waals surface area contributed by atoms with E-state index in [0.717, 1.165) is 0 Å². The molecule has 0 spiro atoms. The van der Waals surface area contributed by atoms with E-state index in [4.69, 9.17) is 5.11 Å². The number of ether oxygens (including phenoxy) is 1. The Labute approximate surface area is 113 Å². The van der Waals surface area contributed by atoms with Gasteiger partial charge in [-0.1, -0.05) is 36.4 Å². The molecule has 2 aromatic carbocycles. The van der Waals surface area contributed by atoms with Crippen LogP contribution >= 0.6 is 0 Å². The van der Waals surface area contributed by atoms with Crippen molar-refractivity contribution in [3.05, 3.63) is 64.7 Å². The molecule has 3 rings (SSSR count). The molecule has 0 aromatic heterocycles. The van der Waals surface area contributed by atoms with Gasteiger partial charge in [0.15, 0.2) is 11.6 Å². The fourth-order valence-electron chi connectivity index (χ4n) is 2.29. The first-order chi connectivity index (χ1) is 9.59. The Hall–Kier alpha value is -2.95. The number of carboxylic acid groups (broad SMARTS) is 1. The average Bonchev–Trinajstić information content (AvgIpc) is 2.44. The van der Waals surface area contributed by atoms with Crippen molar-refractivity contribution in [2.24, 2.45) is 0 Å². The average molecular weight is 268 g/mol. The third-order valence-corrected chi connectivity index (χ3v) is 3.11. The standard InChI is InChI=1S/C15H8O5/c16-13-8-4-1-2-5-9(8)14(17)12-10(13)6-3-7-11(12)20-15(18)19/h1-7H,(H,18,19). The number of ketones is 2. The molecule has 1 aliphatic rings. The number of fused-ring (bicyclic) bond motifs is 2. The second-order valence-corrected chi connectivity index (χ2v) is 4.25. The molecule has 0 saturated carbocycles. The number of carbonyl (C=O) groups is 3. The molecule has 0 fully saturated rings. The lowest BCUT2D eigenvalue weighted by molar-refractivity contribution is 0.0974. The second kappa shape index (κ2) is 4.31. The first-order valence-electron chi connectivity index (χ1n) is 5.82. The quantitative estimate of drug-likeness (QED) is 0.541. The van der Waals surface area contributed by atoms with Crippen LogP contribution in [0.15, 0.2) is 42.5 Å². The van der Waals surface area contributed by atoms with E-state index in [0.29, 0.717) is 5.56 Å². The van der Waals surface area contributed by atoms with Crippen LogP contribution in [0.4, 0.5) is 4.79 Å². The second-order valence-electron chi connectivity index (χ2n) is 4.25. The normalized spacial score (nSPS) is 12.6. The predicted molar refractivity (Wildman–Crippen MR) is 68.4 cm³/mol. The molecule has 20 heavy (non-hydrogen) atoms. The zero-order chi connectivity index (χ0) is 14.3. The summed E-state index contributed by atoms with van der Waals surface area (Å²) in [6.07, 6.45) is -1.53. The Bertz CT molecular complexity index is 761. The predicted octanol–water partition coefficient (Wildman–Crippen LogP) is 2.52. The molecule has 0 unspecified atom stereocenters. The molecular formula is C15H8O5. The summed E-state index contributed by atoms with van der Waals surface area (Å²) in [4.78, 5) is 35.4. The van der Waals surface area contributed by atoms with Crippen molar-refractivity contribution in [3.8, 4) is 5.75 Å². The maximum Gasteiger partial charge on any atom is 0.511 e. The van der Waals surface area contributed by atoms with E-state index >= 15 is 0 Å². The molecule has 0 saturated heterocycles. The minimum Gasteiger partial charge on any atom is -0.449 e. The first-order valence-corrected chi connectivity index (χ1v) is 5.82. The molecule has 98 valence electrons. The highest BCUT2D eigenvalue weighted by molar-refractivity contribution is 6.29. The van der Waals surface area contributed by atoms with Gasteiger partial charge in [0.05, 0.1) is 5.56 Å². The van der Waals surface area contributed by atoms with Crippen molar-refractivity contribution in [1.82, 2.24) is 0 Å². The van der Waals surface area contributed by atoms with Crippen molar-refractivity contribution in [2.75, 3.05) is 0 Å². The minimum absolute atomic E-state index is 0.00130. The summed E-state index contributed by atoms with van der Waals surface area (Å²) in [5, 5.41) is 8.70. The zero-order valence-corrected chi connectivity index (χ0v) is 10.1.